The molecule has 1 aliphatic heterocycles. The van der Waals surface area contributed by atoms with Crippen molar-refractivity contribution in [2.75, 3.05) is 18.0 Å². The first-order chi connectivity index (χ1) is 10.3. The molecule has 5 nitrogen and oxygen atoms in total. The average Bonchev–Trinajstić information content (AvgIpc) is 3.17. The van der Waals surface area contributed by atoms with Gasteiger partial charge in [-0.15, -0.1) is 0 Å². The number of imidazole rings is 2. The Morgan fingerprint density at radius 3 is 3.00 bits per heavy atom. The molecule has 2 unspecified atom stereocenters. The van der Waals surface area contributed by atoms with Gasteiger partial charge in [-0.1, -0.05) is 19.1 Å². The van der Waals surface area contributed by atoms with E-state index in [9.17, 15) is 0 Å². The number of nitrogens with zero attached hydrogens (tertiary/aromatic N) is 4. The number of benzene rings is 1. The molecule has 0 radical (unpaired) electrons. The number of fused-ring (bicyclic) bond motifs is 1. The minimum Gasteiger partial charge on any atom is -0.340 e. The minimum absolute atomic E-state index is 0.453. The Morgan fingerprint density at radius 2 is 2.19 bits per heavy atom. The molecule has 1 aromatic carbocycles. The van der Waals surface area contributed by atoms with Crippen molar-refractivity contribution in [3.8, 4) is 0 Å². The molecule has 1 aliphatic rings. The van der Waals surface area contributed by atoms with Crippen LogP contribution in [-0.4, -0.2) is 32.6 Å². The normalized spacial score (nSPS) is 22.8. The van der Waals surface area contributed by atoms with Gasteiger partial charge in [0.25, 0.3) is 0 Å². The maximum Gasteiger partial charge on any atom is 0.203 e. The van der Waals surface area contributed by atoms with Crippen LogP contribution in [0.4, 0.5) is 5.95 Å². The standard InChI is InChI=1S/C16H19N5/c1-12-6-8-20(10-15(12)21-9-7-17-11-21)16-18-13-4-2-3-5-14(13)19-16/h2-5,7,9,11-12,15H,6,8,10H2,1H3,(H,18,19). The van der Waals surface area contributed by atoms with Gasteiger partial charge in [0.2, 0.25) is 5.95 Å². The molecule has 0 amide bonds. The molecule has 4 rings (SSSR count). The van der Waals surface area contributed by atoms with Crippen molar-refractivity contribution in [3.63, 3.8) is 0 Å². The van der Waals surface area contributed by atoms with E-state index in [1.54, 1.807) is 0 Å². The number of nitrogens with one attached hydrogen (secondary N) is 1. The van der Waals surface area contributed by atoms with Gasteiger partial charge >= 0.3 is 0 Å². The molecule has 2 aromatic heterocycles. The molecule has 2 atom stereocenters. The fraction of sp³-hybridized carbons (Fsp3) is 0.375. The number of para-hydroxylation sites is 2. The van der Waals surface area contributed by atoms with E-state index in [0.717, 1.165) is 30.1 Å². The molecule has 0 aliphatic carbocycles. The number of rotatable bonds is 2. The highest BCUT2D eigenvalue weighted by atomic mass is 15.3. The Labute approximate surface area is 123 Å². The SMILES string of the molecule is CC1CCN(c2nc3ccccc3[nH]2)CC1n1ccnc1. The Kier molecular flexibility index (Phi) is 2.91. The van der Waals surface area contributed by atoms with E-state index in [2.05, 4.69) is 44.7 Å². The van der Waals surface area contributed by atoms with Crippen molar-refractivity contribution in [1.82, 2.24) is 19.5 Å². The van der Waals surface area contributed by atoms with Gasteiger partial charge in [0.1, 0.15) is 0 Å². The van der Waals surface area contributed by atoms with Gasteiger partial charge in [-0.25, -0.2) is 9.97 Å². The number of aromatic amines is 1. The third-order valence-electron chi connectivity index (χ3n) is 4.50. The molecular weight excluding hydrogens is 262 g/mol. The minimum atomic E-state index is 0.453. The summed E-state index contributed by atoms with van der Waals surface area (Å²) in [6, 6.07) is 8.65. The van der Waals surface area contributed by atoms with E-state index in [1.165, 1.54) is 6.42 Å². The average molecular weight is 281 g/mol. The van der Waals surface area contributed by atoms with Crippen molar-refractivity contribution < 1.29 is 0 Å². The molecule has 1 saturated heterocycles. The molecule has 1 N–H and O–H groups in total. The lowest BCUT2D eigenvalue weighted by atomic mass is 9.93. The second-order valence-electron chi connectivity index (χ2n) is 5.87. The van der Waals surface area contributed by atoms with Gasteiger partial charge in [-0.2, -0.15) is 0 Å². The van der Waals surface area contributed by atoms with E-state index in [-0.39, 0.29) is 0 Å². The van der Waals surface area contributed by atoms with E-state index >= 15 is 0 Å². The van der Waals surface area contributed by atoms with E-state index in [4.69, 9.17) is 4.98 Å². The second kappa shape index (κ2) is 4.91. The summed E-state index contributed by atoms with van der Waals surface area (Å²) in [4.78, 5) is 14.7. The highest BCUT2D eigenvalue weighted by molar-refractivity contribution is 5.77. The Balaban J connectivity index is 1.63. The van der Waals surface area contributed by atoms with Crippen LogP contribution in [0.1, 0.15) is 19.4 Å². The number of hydrogen-bond acceptors (Lipinski definition) is 3. The van der Waals surface area contributed by atoms with Crippen molar-refractivity contribution in [2.45, 2.75) is 19.4 Å². The summed E-state index contributed by atoms with van der Waals surface area (Å²) in [5, 5.41) is 0. The Morgan fingerprint density at radius 1 is 1.29 bits per heavy atom. The van der Waals surface area contributed by atoms with Gasteiger partial charge in [0, 0.05) is 25.5 Å². The summed E-state index contributed by atoms with van der Waals surface area (Å²) in [7, 11) is 0. The molecule has 3 aromatic rings. The van der Waals surface area contributed by atoms with Crippen LogP contribution >= 0.6 is 0 Å². The van der Waals surface area contributed by atoms with Crippen LogP contribution in [0, 0.1) is 5.92 Å². The first kappa shape index (κ1) is 12.4. The number of piperidine rings is 1. The summed E-state index contributed by atoms with van der Waals surface area (Å²) >= 11 is 0. The zero-order valence-electron chi connectivity index (χ0n) is 12.1. The number of H-pyrrole nitrogens is 1. The maximum atomic E-state index is 4.72. The Bertz CT molecular complexity index is 697. The molecule has 0 bridgehead atoms. The molecule has 5 heteroatoms. The monoisotopic (exact) mass is 281 g/mol. The summed E-state index contributed by atoms with van der Waals surface area (Å²) in [6.45, 7) is 4.34. The number of aromatic nitrogens is 4. The fourth-order valence-electron chi connectivity index (χ4n) is 3.18. The summed E-state index contributed by atoms with van der Waals surface area (Å²) in [6.07, 6.45) is 7.00. The predicted octanol–water partition coefficient (Wildman–Crippen LogP) is 2.85. The van der Waals surface area contributed by atoms with Gasteiger partial charge in [0.15, 0.2) is 0 Å². The molecule has 1 fully saturated rings. The summed E-state index contributed by atoms with van der Waals surface area (Å²) in [5.41, 5.74) is 2.13. The summed E-state index contributed by atoms with van der Waals surface area (Å²) in [5.74, 6) is 1.63. The largest absolute Gasteiger partial charge is 0.340 e. The van der Waals surface area contributed by atoms with Crippen molar-refractivity contribution >= 4 is 17.0 Å². The van der Waals surface area contributed by atoms with E-state index < -0.39 is 0 Å². The molecular formula is C16H19N5. The molecule has 108 valence electrons. The first-order valence-corrected chi connectivity index (χ1v) is 7.48. The molecule has 0 saturated carbocycles. The van der Waals surface area contributed by atoms with Gasteiger partial charge in [0.05, 0.1) is 23.4 Å². The number of hydrogen-bond donors (Lipinski definition) is 1. The smallest absolute Gasteiger partial charge is 0.203 e. The van der Waals surface area contributed by atoms with Crippen molar-refractivity contribution in [3.05, 3.63) is 43.0 Å². The summed E-state index contributed by atoms with van der Waals surface area (Å²) < 4.78 is 2.22. The van der Waals surface area contributed by atoms with Gasteiger partial charge in [-0.3, -0.25) is 0 Å². The van der Waals surface area contributed by atoms with E-state index in [0.29, 0.717) is 12.0 Å². The van der Waals surface area contributed by atoms with Crippen LogP contribution in [0.3, 0.4) is 0 Å². The number of anilines is 1. The molecule has 0 spiro atoms. The van der Waals surface area contributed by atoms with Gasteiger partial charge in [-0.05, 0) is 24.5 Å². The predicted molar refractivity (Wildman–Crippen MR) is 83.4 cm³/mol. The van der Waals surface area contributed by atoms with Crippen LogP contribution < -0.4 is 4.90 Å². The highest BCUT2D eigenvalue weighted by Crippen LogP contribution is 2.30. The topological polar surface area (TPSA) is 49.7 Å². The van der Waals surface area contributed by atoms with Crippen molar-refractivity contribution in [1.29, 1.82) is 0 Å². The highest BCUT2D eigenvalue weighted by Gasteiger charge is 2.28. The van der Waals surface area contributed by atoms with Crippen molar-refractivity contribution in [2.24, 2.45) is 5.92 Å². The first-order valence-electron chi connectivity index (χ1n) is 7.48. The van der Waals surface area contributed by atoms with Crippen LogP contribution in [-0.2, 0) is 0 Å². The van der Waals surface area contributed by atoms with Crippen LogP contribution in [0.5, 0.6) is 0 Å². The zero-order valence-corrected chi connectivity index (χ0v) is 12.1. The molecule has 21 heavy (non-hydrogen) atoms. The fourth-order valence-corrected chi connectivity index (χ4v) is 3.18. The van der Waals surface area contributed by atoms with Crippen LogP contribution in [0.2, 0.25) is 0 Å². The zero-order chi connectivity index (χ0) is 14.2. The maximum absolute atomic E-state index is 4.72. The lowest BCUT2D eigenvalue weighted by Crippen LogP contribution is -2.41. The second-order valence-corrected chi connectivity index (χ2v) is 5.87. The molecule has 3 heterocycles. The lowest BCUT2D eigenvalue weighted by Gasteiger charge is -2.37. The van der Waals surface area contributed by atoms with E-state index in [1.807, 2.05) is 24.7 Å². The van der Waals surface area contributed by atoms with Gasteiger partial charge < -0.3 is 14.5 Å². The Hall–Kier alpha value is -2.30. The lowest BCUT2D eigenvalue weighted by molar-refractivity contribution is 0.297. The van der Waals surface area contributed by atoms with Crippen LogP contribution in [0.25, 0.3) is 11.0 Å². The van der Waals surface area contributed by atoms with Crippen LogP contribution in [0.15, 0.2) is 43.0 Å². The quantitative estimate of drug-likeness (QED) is 0.786. The third-order valence-corrected chi connectivity index (χ3v) is 4.50. The third kappa shape index (κ3) is 2.18.